The van der Waals surface area contributed by atoms with Crippen LogP contribution in [0.2, 0.25) is 0 Å². The number of benzene rings is 1. The summed E-state index contributed by atoms with van der Waals surface area (Å²) in [6, 6.07) is 5.93. The Morgan fingerprint density at radius 3 is 2.16 bits per heavy atom. The van der Waals surface area contributed by atoms with Crippen LogP contribution in [0.1, 0.15) is 108 Å². The summed E-state index contributed by atoms with van der Waals surface area (Å²) >= 11 is 0. The summed E-state index contributed by atoms with van der Waals surface area (Å²) in [6.45, 7) is 13.0. The van der Waals surface area contributed by atoms with E-state index in [9.17, 15) is 14.7 Å². The van der Waals surface area contributed by atoms with E-state index in [0.717, 1.165) is 25.7 Å². The summed E-state index contributed by atoms with van der Waals surface area (Å²) in [6.07, 6.45) is 3.86. The number of amides is 1. The molecule has 1 saturated carbocycles. The molecule has 174 valence electrons. The minimum Gasteiger partial charge on any atom is -0.481 e. The average Bonchev–Trinajstić information content (AvgIpc) is 2.70. The third-order valence-electron chi connectivity index (χ3n) is 7.06. The van der Waals surface area contributed by atoms with E-state index in [-0.39, 0.29) is 24.2 Å². The number of rotatable bonds is 9. The van der Waals surface area contributed by atoms with Crippen LogP contribution >= 0.6 is 0 Å². The molecule has 2 rings (SSSR count). The molecule has 31 heavy (non-hydrogen) atoms. The zero-order valence-corrected chi connectivity index (χ0v) is 20.2. The molecule has 5 heteroatoms. The topological polar surface area (TPSA) is 92.4 Å². The summed E-state index contributed by atoms with van der Waals surface area (Å²) in [4.78, 5) is 24.7. The highest BCUT2D eigenvalue weighted by Crippen LogP contribution is 2.52. The highest BCUT2D eigenvalue weighted by molar-refractivity contribution is 5.81. The van der Waals surface area contributed by atoms with Crippen LogP contribution in [-0.4, -0.2) is 29.6 Å². The Hall–Kier alpha value is -1.88. The molecule has 0 radical (unpaired) electrons. The van der Waals surface area contributed by atoms with Crippen molar-refractivity contribution >= 4 is 11.9 Å². The average molecular weight is 431 g/mol. The van der Waals surface area contributed by atoms with Gasteiger partial charge in [-0.2, -0.15) is 0 Å². The van der Waals surface area contributed by atoms with Crippen molar-refractivity contribution in [3.8, 4) is 0 Å². The Morgan fingerprint density at radius 2 is 1.68 bits per heavy atom. The first-order chi connectivity index (χ1) is 14.5. The number of carbonyl (C=O) groups is 2. The van der Waals surface area contributed by atoms with E-state index in [1.807, 2.05) is 13.8 Å². The minimum atomic E-state index is -0.803. The van der Waals surface area contributed by atoms with Crippen molar-refractivity contribution in [2.24, 2.45) is 17.1 Å². The quantitative estimate of drug-likeness (QED) is 0.505. The van der Waals surface area contributed by atoms with Crippen molar-refractivity contribution in [2.45, 2.75) is 97.4 Å². The number of nitrogens with two attached hydrogens (primary N) is 1. The Morgan fingerprint density at radius 1 is 1.10 bits per heavy atom. The molecule has 4 N–H and O–H groups in total. The zero-order chi connectivity index (χ0) is 23.3. The second-order valence-electron chi connectivity index (χ2n) is 10.4. The normalized spacial score (nSPS) is 22.7. The van der Waals surface area contributed by atoms with Gasteiger partial charge in [0.25, 0.3) is 0 Å². The molecular weight excluding hydrogens is 388 g/mol. The first kappa shape index (κ1) is 25.4. The number of hydrogen-bond donors (Lipinski definition) is 3. The van der Waals surface area contributed by atoms with Crippen LogP contribution < -0.4 is 11.1 Å². The van der Waals surface area contributed by atoms with Gasteiger partial charge in [-0.15, -0.1) is 0 Å². The maximum Gasteiger partial charge on any atom is 0.303 e. The molecule has 1 aromatic rings. The fourth-order valence-electron chi connectivity index (χ4n) is 5.24. The third-order valence-corrected chi connectivity index (χ3v) is 7.06. The molecule has 5 nitrogen and oxygen atoms in total. The van der Waals surface area contributed by atoms with Gasteiger partial charge in [0, 0.05) is 12.0 Å². The molecule has 1 amide bonds. The minimum absolute atomic E-state index is 0.0341. The predicted molar refractivity (Wildman–Crippen MR) is 126 cm³/mol. The van der Waals surface area contributed by atoms with Crippen molar-refractivity contribution in [2.75, 3.05) is 6.54 Å². The van der Waals surface area contributed by atoms with Crippen molar-refractivity contribution in [3.63, 3.8) is 0 Å². The van der Waals surface area contributed by atoms with Crippen LogP contribution in [-0.2, 0) is 9.59 Å². The Kier molecular flexibility index (Phi) is 8.70. The van der Waals surface area contributed by atoms with Gasteiger partial charge in [-0.25, -0.2) is 0 Å². The molecule has 0 bridgehead atoms. The first-order valence-electron chi connectivity index (χ1n) is 11.9. The number of nitrogens with one attached hydrogen (secondary N) is 1. The molecule has 2 unspecified atom stereocenters. The van der Waals surface area contributed by atoms with E-state index < -0.39 is 17.4 Å². The largest absolute Gasteiger partial charge is 0.481 e. The van der Waals surface area contributed by atoms with Gasteiger partial charge in [0.15, 0.2) is 0 Å². The van der Waals surface area contributed by atoms with E-state index in [0.29, 0.717) is 18.4 Å². The maximum absolute atomic E-state index is 12.7. The molecule has 3 atom stereocenters. The number of carbonyl (C=O) groups excluding carboxylic acids is 1. The molecule has 0 heterocycles. The molecule has 0 spiro atoms. The van der Waals surface area contributed by atoms with E-state index in [2.05, 4.69) is 51.2 Å². The Labute approximate surface area is 188 Å². The van der Waals surface area contributed by atoms with Crippen LogP contribution in [0.15, 0.2) is 18.2 Å². The van der Waals surface area contributed by atoms with Crippen LogP contribution in [0.5, 0.6) is 0 Å². The predicted octanol–water partition coefficient (Wildman–Crippen LogP) is 5.15. The lowest BCUT2D eigenvalue weighted by Gasteiger charge is -2.46. The summed E-state index contributed by atoms with van der Waals surface area (Å²) in [7, 11) is 0. The SMILES string of the molecule is CC(C)c1cccc(C(C)C)c1C1CCCCC1(CNC(=O)[C@@H](N)C(C)C)CC(=O)O. The Bertz CT molecular complexity index is 746. The van der Waals surface area contributed by atoms with Crippen molar-refractivity contribution in [1.82, 2.24) is 5.32 Å². The number of carboxylic acids is 1. The summed E-state index contributed by atoms with van der Waals surface area (Å²) < 4.78 is 0. The number of carboxylic acid groups (broad SMARTS) is 1. The lowest BCUT2D eigenvalue weighted by atomic mass is 9.59. The second-order valence-corrected chi connectivity index (χ2v) is 10.4. The van der Waals surface area contributed by atoms with Gasteiger partial charge in [-0.05, 0) is 53.2 Å². The van der Waals surface area contributed by atoms with Crippen LogP contribution in [0.4, 0.5) is 0 Å². The number of aliphatic carboxylic acids is 1. The van der Waals surface area contributed by atoms with Crippen molar-refractivity contribution in [3.05, 3.63) is 34.9 Å². The Balaban J connectivity index is 2.55. The lowest BCUT2D eigenvalue weighted by Crippen LogP contribution is -2.50. The monoisotopic (exact) mass is 430 g/mol. The van der Waals surface area contributed by atoms with Crippen LogP contribution in [0, 0.1) is 11.3 Å². The summed E-state index contributed by atoms with van der Waals surface area (Å²) in [5.41, 5.74) is 9.48. The maximum atomic E-state index is 12.7. The molecule has 1 fully saturated rings. The fraction of sp³-hybridized carbons (Fsp3) is 0.692. The van der Waals surface area contributed by atoms with E-state index in [1.54, 1.807) is 0 Å². The van der Waals surface area contributed by atoms with Crippen molar-refractivity contribution in [1.29, 1.82) is 0 Å². The van der Waals surface area contributed by atoms with Gasteiger partial charge in [0.1, 0.15) is 0 Å². The van der Waals surface area contributed by atoms with Gasteiger partial charge in [0.2, 0.25) is 5.91 Å². The molecule has 1 aliphatic carbocycles. The highest BCUT2D eigenvalue weighted by atomic mass is 16.4. The molecule has 1 aliphatic rings. The standard InChI is InChI=1S/C26H42N2O3/c1-16(2)19-10-9-11-20(17(3)4)23(19)21-12-7-8-13-26(21,14-22(29)30)15-28-25(31)24(27)18(5)6/h9-11,16-18,21,24H,7-8,12-15,27H2,1-6H3,(H,28,31)(H,29,30)/t21?,24-,26?/m0/s1. The summed E-state index contributed by atoms with van der Waals surface area (Å²) in [5.74, 6) is -0.160. The van der Waals surface area contributed by atoms with Gasteiger partial charge >= 0.3 is 5.97 Å². The van der Waals surface area contributed by atoms with E-state index >= 15 is 0 Å². The van der Waals surface area contributed by atoms with Crippen LogP contribution in [0.3, 0.4) is 0 Å². The third kappa shape index (κ3) is 5.88. The molecule has 0 saturated heterocycles. The highest BCUT2D eigenvalue weighted by Gasteiger charge is 2.45. The van der Waals surface area contributed by atoms with Gasteiger partial charge < -0.3 is 16.2 Å². The molecular formula is C26H42N2O3. The van der Waals surface area contributed by atoms with E-state index in [4.69, 9.17) is 5.73 Å². The van der Waals surface area contributed by atoms with Gasteiger partial charge in [-0.1, -0.05) is 72.6 Å². The second kappa shape index (κ2) is 10.6. The molecule has 1 aromatic carbocycles. The van der Waals surface area contributed by atoms with E-state index in [1.165, 1.54) is 16.7 Å². The summed E-state index contributed by atoms with van der Waals surface area (Å²) in [5, 5.41) is 12.9. The molecule has 0 aromatic heterocycles. The number of hydrogen-bond acceptors (Lipinski definition) is 3. The smallest absolute Gasteiger partial charge is 0.303 e. The van der Waals surface area contributed by atoms with Gasteiger partial charge in [-0.3, -0.25) is 9.59 Å². The fourth-order valence-corrected chi connectivity index (χ4v) is 5.24. The van der Waals surface area contributed by atoms with Gasteiger partial charge in [0.05, 0.1) is 12.5 Å². The zero-order valence-electron chi connectivity index (χ0n) is 20.2. The van der Waals surface area contributed by atoms with Crippen LogP contribution in [0.25, 0.3) is 0 Å². The van der Waals surface area contributed by atoms with Crippen molar-refractivity contribution < 1.29 is 14.7 Å². The first-order valence-corrected chi connectivity index (χ1v) is 11.9. The molecule has 0 aliphatic heterocycles. The lowest BCUT2D eigenvalue weighted by molar-refractivity contribution is -0.141.